The van der Waals surface area contributed by atoms with Gasteiger partial charge in [0, 0.05) is 38.2 Å². The highest BCUT2D eigenvalue weighted by molar-refractivity contribution is 5.94. The van der Waals surface area contributed by atoms with Crippen LogP contribution in [0.25, 0.3) is 0 Å². The number of hydrogen-bond donors (Lipinski definition) is 2. The third kappa shape index (κ3) is 4.18. The average Bonchev–Trinajstić information content (AvgIpc) is 2.77. The van der Waals surface area contributed by atoms with Crippen molar-refractivity contribution in [3.05, 3.63) is 48.0 Å². The Bertz CT molecular complexity index is 581. The third-order valence-corrected chi connectivity index (χ3v) is 3.45. The lowest BCUT2D eigenvalue weighted by molar-refractivity contribution is -0.120. The van der Waals surface area contributed by atoms with Gasteiger partial charge in [-0.3, -0.25) is 14.4 Å². The van der Waals surface area contributed by atoms with Gasteiger partial charge in [0.1, 0.15) is 0 Å². The Morgan fingerprint density at radius 3 is 2.68 bits per heavy atom. The van der Waals surface area contributed by atoms with E-state index in [0.717, 1.165) is 5.56 Å². The van der Waals surface area contributed by atoms with E-state index in [0.29, 0.717) is 38.2 Å². The fourth-order valence-corrected chi connectivity index (χ4v) is 2.18. The van der Waals surface area contributed by atoms with E-state index in [1.807, 2.05) is 0 Å². The molecule has 2 N–H and O–H groups in total. The molecule has 1 aromatic carbocycles. The number of carbonyl (C=O) groups is 3. The van der Waals surface area contributed by atoms with Crippen LogP contribution in [0.5, 0.6) is 0 Å². The van der Waals surface area contributed by atoms with Gasteiger partial charge in [-0.15, -0.1) is 0 Å². The number of nitrogens with zero attached hydrogens (tertiary/aromatic N) is 1. The predicted molar refractivity (Wildman–Crippen MR) is 82.0 cm³/mol. The number of benzene rings is 1. The van der Waals surface area contributed by atoms with Gasteiger partial charge in [0.25, 0.3) is 5.91 Å². The Labute approximate surface area is 129 Å². The van der Waals surface area contributed by atoms with Crippen molar-refractivity contribution in [1.82, 2.24) is 15.5 Å². The van der Waals surface area contributed by atoms with Crippen LogP contribution in [0.1, 0.15) is 22.3 Å². The summed E-state index contributed by atoms with van der Waals surface area (Å²) in [6, 6.07) is 7.07. The zero-order chi connectivity index (χ0) is 15.9. The topological polar surface area (TPSA) is 78.5 Å². The molecular formula is C16H19N3O3. The van der Waals surface area contributed by atoms with Gasteiger partial charge in [-0.25, -0.2) is 0 Å². The van der Waals surface area contributed by atoms with E-state index in [9.17, 15) is 14.4 Å². The molecule has 1 heterocycles. The molecule has 116 valence electrons. The van der Waals surface area contributed by atoms with Crippen molar-refractivity contribution >= 4 is 17.7 Å². The van der Waals surface area contributed by atoms with Crippen LogP contribution in [0.4, 0.5) is 0 Å². The van der Waals surface area contributed by atoms with E-state index >= 15 is 0 Å². The molecule has 1 aromatic rings. The minimum atomic E-state index is -0.234. The summed E-state index contributed by atoms with van der Waals surface area (Å²) < 4.78 is 0. The van der Waals surface area contributed by atoms with Crippen molar-refractivity contribution < 1.29 is 14.4 Å². The van der Waals surface area contributed by atoms with Gasteiger partial charge in [0.05, 0.1) is 0 Å². The molecular weight excluding hydrogens is 282 g/mol. The van der Waals surface area contributed by atoms with Crippen LogP contribution in [0.3, 0.4) is 0 Å². The maximum atomic E-state index is 12.4. The van der Waals surface area contributed by atoms with Gasteiger partial charge < -0.3 is 15.5 Å². The highest BCUT2D eigenvalue weighted by Crippen LogP contribution is 2.09. The molecule has 0 saturated carbocycles. The van der Waals surface area contributed by atoms with Crippen LogP contribution in [-0.4, -0.2) is 42.3 Å². The number of carbonyl (C=O) groups excluding carboxylic acids is 3. The van der Waals surface area contributed by atoms with Crippen molar-refractivity contribution in [2.75, 3.05) is 19.6 Å². The lowest BCUT2D eigenvalue weighted by atomic mass is 10.1. The van der Waals surface area contributed by atoms with Crippen LogP contribution in [0.15, 0.2) is 36.9 Å². The normalized spacial score (nSPS) is 14.7. The Hall–Kier alpha value is -2.63. The van der Waals surface area contributed by atoms with Crippen molar-refractivity contribution in [3.63, 3.8) is 0 Å². The van der Waals surface area contributed by atoms with Crippen molar-refractivity contribution in [2.24, 2.45) is 0 Å². The van der Waals surface area contributed by atoms with Gasteiger partial charge in [0.2, 0.25) is 11.8 Å². The molecule has 1 fully saturated rings. The Balaban J connectivity index is 1.97. The van der Waals surface area contributed by atoms with Crippen LogP contribution in [-0.2, 0) is 16.1 Å². The molecule has 1 saturated heterocycles. The largest absolute Gasteiger partial charge is 0.354 e. The summed E-state index contributed by atoms with van der Waals surface area (Å²) in [6.45, 7) is 5.20. The summed E-state index contributed by atoms with van der Waals surface area (Å²) >= 11 is 0. The van der Waals surface area contributed by atoms with Gasteiger partial charge in [0.15, 0.2) is 0 Å². The number of amides is 3. The van der Waals surface area contributed by atoms with Gasteiger partial charge in [-0.2, -0.15) is 0 Å². The number of hydrogen-bond acceptors (Lipinski definition) is 3. The number of nitrogens with one attached hydrogen (secondary N) is 2. The summed E-state index contributed by atoms with van der Waals surface area (Å²) in [5, 5.41) is 5.42. The van der Waals surface area contributed by atoms with E-state index in [4.69, 9.17) is 0 Å². The van der Waals surface area contributed by atoms with Crippen LogP contribution >= 0.6 is 0 Å². The standard InChI is InChI=1S/C16H19N3O3/c1-2-14(20)18-11-12-3-5-13(6-4-12)16(22)19-9-7-15(21)17-8-10-19/h2-6H,1,7-11H2,(H,17,21)(H,18,20). The summed E-state index contributed by atoms with van der Waals surface area (Å²) in [6.07, 6.45) is 1.55. The molecule has 0 bridgehead atoms. The zero-order valence-electron chi connectivity index (χ0n) is 12.3. The first-order valence-corrected chi connectivity index (χ1v) is 7.15. The Morgan fingerprint density at radius 2 is 2.00 bits per heavy atom. The third-order valence-electron chi connectivity index (χ3n) is 3.45. The molecule has 1 aliphatic heterocycles. The molecule has 0 aliphatic carbocycles. The monoisotopic (exact) mass is 301 g/mol. The molecule has 22 heavy (non-hydrogen) atoms. The SMILES string of the molecule is C=CC(=O)NCc1ccc(C(=O)N2CCNC(=O)CC2)cc1. The first-order chi connectivity index (χ1) is 10.6. The second-order valence-corrected chi connectivity index (χ2v) is 5.01. The molecule has 3 amide bonds. The maximum Gasteiger partial charge on any atom is 0.253 e. The predicted octanol–water partition coefficient (Wildman–Crippen LogP) is 0.451. The molecule has 2 rings (SSSR count). The molecule has 0 atom stereocenters. The first-order valence-electron chi connectivity index (χ1n) is 7.15. The van der Waals surface area contributed by atoms with Crippen LogP contribution in [0, 0.1) is 0 Å². The first kappa shape index (κ1) is 15.8. The zero-order valence-corrected chi connectivity index (χ0v) is 12.3. The second-order valence-electron chi connectivity index (χ2n) is 5.01. The van der Waals surface area contributed by atoms with Gasteiger partial charge >= 0.3 is 0 Å². The molecule has 1 aliphatic rings. The number of rotatable bonds is 4. The summed E-state index contributed by atoms with van der Waals surface area (Å²) in [5.41, 5.74) is 1.48. The average molecular weight is 301 g/mol. The maximum absolute atomic E-state index is 12.4. The quantitative estimate of drug-likeness (QED) is 0.793. The van der Waals surface area contributed by atoms with Crippen molar-refractivity contribution in [2.45, 2.75) is 13.0 Å². The van der Waals surface area contributed by atoms with Gasteiger partial charge in [-0.05, 0) is 23.8 Å². The molecule has 6 nitrogen and oxygen atoms in total. The highest BCUT2D eigenvalue weighted by Gasteiger charge is 2.19. The van der Waals surface area contributed by atoms with E-state index < -0.39 is 0 Å². The molecule has 6 heteroatoms. The van der Waals surface area contributed by atoms with Crippen LogP contribution in [0.2, 0.25) is 0 Å². The summed E-state index contributed by atoms with van der Waals surface area (Å²) in [4.78, 5) is 36.5. The van der Waals surface area contributed by atoms with E-state index in [-0.39, 0.29) is 17.7 Å². The van der Waals surface area contributed by atoms with Crippen molar-refractivity contribution in [1.29, 1.82) is 0 Å². The van der Waals surface area contributed by atoms with Crippen LogP contribution < -0.4 is 10.6 Å². The summed E-state index contributed by atoms with van der Waals surface area (Å²) in [7, 11) is 0. The Kier molecular flexibility index (Phi) is 5.30. The van der Waals surface area contributed by atoms with E-state index in [1.54, 1.807) is 29.2 Å². The van der Waals surface area contributed by atoms with Gasteiger partial charge in [-0.1, -0.05) is 18.7 Å². The second kappa shape index (κ2) is 7.40. The fraction of sp³-hybridized carbons (Fsp3) is 0.312. The lowest BCUT2D eigenvalue weighted by Gasteiger charge is -2.19. The highest BCUT2D eigenvalue weighted by atomic mass is 16.2. The minimum Gasteiger partial charge on any atom is -0.354 e. The summed E-state index contributed by atoms with van der Waals surface area (Å²) in [5.74, 6) is -0.344. The molecule has 0 spiro atoms. The fourth-order valence-electron chi connectivity index (χ4n) is 2.18. The molecule has 0 radical (unpaired) electrons. The Morgan fingerprint density at radius 1 is 1.27 bits per heavy atom. The molecule has 0 aromatic heterocycles. The molecule has 0 unspecified atom stereocenters. The van der Waals surface area contributed by atoms with Crippen molar-refractivity contribution in [3.8, 4) is 0 Å². The minimum absolute atomic E-state index is 0.0244. The smallest absolute Gasteiger partial charge is 0.253 e. The lowest BCUT2D eigenvalue weighted by Crippen LogP contribution is -2.34. The van der Waals surface area contributed by atoms with E-state index in [2.05, 4.69) is 17.2 Å². The van der Waals surface area contributed by atoms with E-state index in [1.165, 1.54) is 6.08 Å².